The molecule has 1 aromatic heterocycles. The molecule has 0 atom stereocenters. The van der Waals surface area contributed by atoms with Gasteiger partial charge in [0.05, 0.1) is 0 Å². The van der Waals surface area contributed by atoms with Gasteiger partial charge in [-0.3, -0.25) is 0 Å². The van der Waals surface area contributed by atoms with Gasteiger partial charge in [0.1, 0.15) is 5.69 Å². The Morgan fingerprint density at radius 3 is 2.08 bits per heavy atom. The summed E-state index contributed by atoms with van der Waals surface area (Å²) in [5.41, 5.74) is 16.7. The summed E-state index contributed by atoms with van der Waals surface area (Å²) in [5, 5.41) is 2.70. The van der Waals surface area contributed by atoms with Crippen LogP contribution in [0.4, 0.5) is 23.3 Å². The molecule has 0 saturated carbocycles. The maximum atomic E-state index is 5.49. The lowest BCUT2D eigenvalue weighted by atomic mass is 10.4. The molecule has 1 aromatic rings. The highest BCUT2D eigenvalue weighted by molar-refractivity contribution is 5.75. The SMILES string of the molecule is C=CNc1c(N)nc(N)nc1N. The van der Waals surface area contributed by atoms with E-state index in [1.165, 1.54) is 6.20 Å². The zero-order valence-electron chi connectivity index (χ0n) is 6.41. The van der Waals surface area contributed by atoms with Crippen LogP contribution in [0.2, 0.25) is 0 Å². The van der Waals surface area contributed by atoms with Crippen molar-refractivity contribution in [2.24, 2.45) is 0 Å². The van der Waals surface area contributed by atoms with Crippen LogP contribution < -0.4 is 22.5 Å². The molecule has 6 nitrogen and oxygen atoms in total. The molecule has 0 bridgehead atoms. The van der Waals surface area contributed by atoms with Crippen molar-refractivity contribution < 1.29 is 0 Å². The summed E-state index contributed by atoms with van der Waals surface area (Å²) >= 11 is 0. The third-order valence-corrected chi connectivity index (χ3v) is 1.23. The van der Waals surface area contributed by atoms with Crippen molar-refractivity contribution in [1.82, 2.24) is 9.97 Å². The van der Waals surface area contributed by atoms with Gasteiger partial charge in [0.25, 0.3) is 0 Å². The van der Waals surface area contributed by atoms with Crippen molar-refractivity contribution in [3.63, 3.8) is 0 Å². The summed E-state index contributed by atoms with van der Waals surface area (Å²) < 4.78 is 0. The Bertz CT molecular complexity index is 284. The first-order valence-electron chi connectivity index (χ1n) is 3.21. The second-order valence-corrected chi connectivity index (χ2v) is 2.08. The fourth-order valence-electron chi connectivity index (χ4n) is 0.765. The number of aromatic nitrogens is 2. The van der Waals surface area contributed by atoms with E-state index < -0.39 is 0 Å². The number of rotatable bonds is 2. The number of nitrogen functional groups attached to an aromatic ring is 3. The Morgan fingerprint density at radius 2 is 1.67 bits per heavy atom. The van der Waals surface area contributed by atoms with Crippen LogP contribution in [-0.4, -0.2) is 9.97 Å². The number of hydrogen-bond acceptors (Lipinski definition) is 6. The quantitative estimate of drug-likeness (QED) is 0.482. The van der Waals surface area contributed by atoms with Gasteiger partial charge in [-0.15, -0.1) is 0 Å². The minimum Gasteiger partial charge on any atom is -0.382 e. The van der Waals surface area contributed by atoms with E-state index in [-0.39, 0.29) is 17.6 Å². The van der Waals surface area contributed by atoms with Crippen LogP contribution >= 0.6 is 0 Å². The fraction of sp³-hybridized carbons (Fsp3) is 0. The van der Waals surface area contributed by atoms with Crippen LogP contribution in [0.25, 0.3) is 0 Å². The summed E-state index contributed by atoms with van der Waals surface area (Å²) in [6, 6.07) is 0. The topological polar surface area (TPSA) is 116 Å². The predicted octanol–water partition coefficient (Wildman–Crippen LogP) is -0.221. The van der Waals surface area contributed by atoms with Gasteiger partial charge < -0.3 is 22.5 Å². The molecule has 0 aliphatic carbocycles. The van der Waals surface area contributed by atoms with Crippen LogP contribution in [0.15, 0.2) is 12.8 Å². The Labute approximate surface area is 69.5 Å². The molecule has 0 aromatic carbocycles. The number of nitrogens with two attached hydrogens (primary N) is 3. The van der Waals surface area contributed by atoms with Crippen LogP contribution in [0.1, 0.15) is 0 Å². The second-order valence-electron chi connectivity index (χ2n) is 2.08. The first-order valence-corrected chi connectivity index (χ1v) is 3.21. The Kier molecular flexibility index (Phi) is 2.00. The largest absolute Gasteiger partial charge is 0.382 e. The lowest BCUT2D eigenvalue weighted by molar-refractivity contribution is 1.20. The van der Waals surface area contributed by atoms with Crippen molar-refractivity contribution in [2.75, 3.05) is 22.5 Å². The monoisotopic (exact) mass is 166 g/mol. The standard InChI is InChI=1S/C6H10N6/c1-2-10-3-4(7)11-6(9)12-5(3)8/h2,10H,1H2,(H6,7,8,9,11,12). The van der Waals surface area contributed by atoms with Crippen molar-refractivity contribution in [1.29, 1.82) is 0 Å². The maximum Gasteiger partial charge on any atom is 0.224 e. The lowest BCUT2D eigenvalue weighted by Gasteiger charge is -2.06. The molecular weight excluding hydrogens is 156 g/mol. The van der Waals surface area contributed by atoms with Gasteiger partial charge in [0, 0.05) is 0 Å². The first-order chi connectivity index (χ1) is 5.65. The average molecular weight is 166 g/mol. The summed E-state index contributed by atoms with van der Waals surface area (Å²) in [5.74, 6) is 0.472. The molecule has 0 amide bonds. The Hall–Kier alpha value is -1.98. The van der Waals surface area contributed by atoms with E-state index in [0.717, 1.165) is 0 Å². The van der Waals surface area contributed by atoms with Crippen molar-refractivity contribution in [3.05, 3.63) is 12.8 Å². The van der Waals surface area contributed by atoms with E-state index in [4.69, 9.17) is 17.2 Å². The third-order valence-electron chi connectivity index (χ3n) is 1.23. The maximum absolute atomic E-state index is 5.49. The summed E-state index contributed by atoms with van der Waals surface area (Å²) in [6.07, 6.45) is 1.43. The normalized spacial score (nSPS) is 9.33. The molecule has 0 unspecified atom stereocenters. The van der Waals surface area contributed by atoms with E-state index in [1.807, 2.05) is 0 Å². The van der Waals surface area contributed by atoms with Crippen molar-refractivity contribution >= 4 is 23.3 Å². The van der Waals surface area contributed by atoms with Crippen LogP contribution in [0.3, 0.4) is 0 Å². The molecule has 0 radical (unpaired) electrons. The van der Waals surface area contributed by atoms with Gasteiger partial charge >= 0.3 is 0 Å². The highest BCUT2D eigenvalue weighted by Crippen LogP contribution is 2.22. The van der Waals surface area contributed by atoms with Crippen LogP contribution in [0.5, 0.6) is 0 Å². The minimum absolute atomic E-state index is 0.0552. The molecule has 1 heterocycles. The average Bonchev–Trinajstić information content (AvgIpc) is 1.96. The van der Waals surface area contributed by atoms with E-state index >= 15 is 0 Å². The summed E-state index contributed by atoms with van der Waals surface area (Å²) in [7, 11) is 0. The molecule has 1 rings (SSSR count). The van der Waals surface area contributed by atoms with Crippen LogP contribution in [-0.2, 0) is 0 Å². The van der Waals surface area contributed by atoms with Crippen molar-refractivity contribution in [2.45, 2.75) is 0 Å². The van der Waals surface area contributed by atoms with Gasteiger partial charge in [0.2, 0.25) is 5.95 Å². The number of anilines is 4. The molecular formula is C6H10N6. The van der Waals surface area contributed by atoms with Gasteiger partial charge in [-0.25, -0.2) is 0 Å². The second kappa shape index (κ2) is 2.95. The number of nitrogens with one attached hydrogen (secondary N) is 1. The molecule has 0 fully saturated rings. The highest BCUT2D eigenvalue weighted by Gasteiger charge is 2.05. The summed E-state index contributed by atoms with van der Waals surface area (Å²) in [4.78, 5) is 7.41. The molecule has 64 valence electrons. The highest BCUT2D eigenvalue weighted by atomic mass is 15.1. The first kappa shape index (κ1) is 8.12. The van der Waals surface area contributed by atoms with Gasteiger partial charge in [0.15, 0.2) is 11.6 Å². The number of nitrogens with zero attached hydrogens (tertiary/aromatic N) is 2. The van der Waals surface area contributed by atoms with Gasteiger partial charge in [-0.05, 0) is 6.20 Å². The molecule has 0 aliphatic rings. The van der Waals surface area contributed by atoms with Gasteiger partial charge in [-0.2, -0.15) is 9.97 Å². The van der Waals surface area contributed by atoms with Crippen molar-refractivity contribution in [3.8, 4) is 0 Å². The van der Waals surface area contributed by atoms with E-state index in [0.29, 0.717) is 5.69 Å². The molecule has 7 N–H and O–H groups in total. The minimum atomic E-state index is 0.0552. The molecule has 6 heteroatoms. The summed E-state index contributed by atoms with van der Waals surface area (Å²) in [6.45, 7) is 3.45. The van der Waals surface area contributed by atoms with E-state index in [1.54, 1.807) is 0 Å². The fourth-order valence-corrected chi connectivity index (χ4v) is 0.765. The lowest BCUT2D eigenvalue weighted by Crippen LogP contribution is -2.07. The molecule has 12 heavy (non-hydrogen) atoms. The van der Waals surface area contributed by atoms with Gasteiger partial charge in [-0.1, -0.05) is 6.58 Å². The number of hydrogen-bond donors (Lipinski definition) is 4. The van der Waals surface area contributed by atoms with E-state index in [2.05, 4.69) is 21.9 Å². The van der Waals surface area contributed by atoms with Crippen LogP contribution in [0, 0.1) is 0 Å². The van der Waals surface area contributed by atoms with E-state index in [9.17, 15) is 0 Å². The zero-order chi connectivity index (χ0) is 9.14. The molecule has 0 aliphatic heterocycles. The molecule has 0 spiro atoms. The predicted molar refractivity (Wildman–Crippen MR) is 49.1 cm³/mol. The molecule has 0 saturated heterocycles. The Morgan fingerprint density at radius 1 is 1.17 bits per heavy atom. The zero-order valence-corrected chi connectivity index (χ0v) is 6.41. The smallest absolute Gasteiger partial charge is 0.224 e. The Balaban J connectivity index is 3.18. The third kappa shape index (κ3) is 1.36.